The Morgan fingerprint density at radius 2 is 2.43 bits per heavy atom. The molecule has 0 saturated carbocycles. The first kappa shape index (κ1) is 10.5. The molecule has 0 aliphatic carbocycles. The number of likely N-dealkylation sites (N-methyl/N-ethyl adjacent to an activating group) is 1. The molecule has 1 unspecified atom stereocenters. The molecule has 1 N–H and O–H groups in total. The van der Waals surface area contributed by atoms with Crippen molar-refractivity contribution in [3.63, 3.8) is 0 Å². The predicted octanol–water partition coefficient (Wildman–Crippen LogP) is 0.770. The van der Waals surface area contributed by atoms with E-state index in [-0.39, 0.29) is 12.6 Å². The third-order valence-corrected chi connectivity index (χ3v) is 2.22. The molecule has 0 amide bonds. The largest absolute Gasteiger partial charge is 0.394 e. The van der Waals surface area contributed by atoms with E-state index in [1.165, 1.54) is 6.20 Å². The van der Waals surface area contributed by atoms with Gasteiger partial charge in [-0.15, -0.1) is 0 Å². The van der Waals surface area contributed by atoms with Crippen LogP contribution in [-0.2, 0) is 0 Å². The lowest BCUT2D eigenvalue weighted by atomic mass is 10.2. The first-order valence-corrected chi connectivity index (χ1v) is 4.38. The average Bonchev–Trinajstić information content (AvgIpc) is 2.26. The van der Waals surface area contributed by atoms with Gasteiger partial charge in [0.2, 0.25) is 0 Å². The molecular weight excluding hydrogens is 178 g/mol. The summed E-state index contributed by atoms with van der Waals surface area (Å²) in [5, 5.41) is 17.8. The lowest BCUT2D eigenvalue weighted by molar-refractivity contribution is 0.270. The molecule has 0 aliphatic heterocycles. The van der Waals surface area contributed by atoms with Crippen LogP contribution >= 0.6 is 0 Å². The number of rotatable bonds is 3. The van der Waals surface area contributed by atoms with E-state index in [0.717, 1.165) is 5.69 Å². The van der Waals surface area contributed by atoms with Crippen molar-refractivity contribution in [2.24, 2.45) is 0 Å². The quantitative estimate of drug-likeness (QED) is 0.766. The Balaban J connectivity index is 3.01. The van der Waals surface area contributed by atoms with Gasteiger partial charge in [-0.1, -0.05) is 0 Å². The normalized spacial score (nSPS) is 11.9. The van der Waals surface area contributed by atoms with Crippen molar-refractivity contribution in [1.82, 2.24) is 4.98 Å². The van der Waals surface area contributed by atoms with Crippen LogP contribution in [0.3, 0.4) is 0 Å². The highest BCUT2D eigenvalue weighted by atomic mass is 16.3. The van der Waals surface area contributed by atoms with Gasteiger partial charge < -0.3 is 10.0 Å². The topological polar surface area (TPSA) is 60.1 Å². The summed E-state index contributed by atoms with van der Waals surface area (Å²) in [7, 11) is 1.84. The summed E-state index contributed by atoms with van der Waals surface area (Å²) >= 11 is 0. The van der Waals surface area contributed by atoms with Gasteiger partial charge >= 0.3 is 0 Å². The molecule has 1 heterocycles. The summed E-state index contributed by atoms with van der Waals surface area (Å²) < 4.78 is 0. The molecule has 0 fully saturated rings. The minimum absolute atomic E-state index is 0.00972. The predicted molar refractivity (Wildman–Crippen MR) is 53.9 cm³/mol. The van der Waals surface area contributed by atoms with E-state index in [1.54, 1.807) is 12.3 Å². The smallest absolute Gasteiger partial charge is 0.103 e. The van der Waals surface area contributed by atoms with Crippen molar-refractivity contribution in [2.75, 3.05) is 18.6 Å². The van der Waals surface area contributed by atoms with E-state index in [2.05, 4.69) is 11.1 Å². The average molecular weight is 191 g/mol. The lowest BCUT2D eigenvalue weighted by Crippen LogP contribution is -2.32. The number of aliphatic hydroxyl groups excluding tert-OH is 1. The highest BCUT2D eigenvalue weighted by molar-refractivity contribution is 5.57. The zero-order chi connectivity index (χ0) is 10.6. The SMILES string of the molecule is CC(CO)N(C)c1ccncc1C#N. The molecule has 1 aromatic rings. The third kappa shape index (κ3) is 2.01. The molecule has 0 saturated heterocycles. The number of hydrogen-bond donors (Lipinski definition) is 1. The van der Waals surface area contributed by atoms with Crippen LogP contribution in [0.25, 0.3) is 0 Å². The summed E-state index contributed by atoms with van der Waals surface area (Å²) in [6.07, 6.45) is 3.16. The highest BCUT2D eigenvalue weighted by Crippen LogP contribution is 2.18. The van der Waals surface area contributed by atoms with Gasteiger partial charge in [0, 0.05) is 25.5 Å². The van der Waals surface area contributed by atoms with Crippen LogP contribution in [0.5, 0.6) is 0 Å². The summed E-state index contributed by atoms with van der Waals surface area (Å²) in [5.74, 6) is 0. The van der Waals surface area contributed by atoms with Crippen molar-refractivity contribution in [2.45, 2.75) is 13.0 Å². The van der Waals surface area contributed by atoms with E-state index < -0.39 is 0 Å². The zero-order valence-electron chi connectivity index (χ0n) is 8.31. The van der Waals surface area contributed by atoms with Crippen molar-refractivity contribution in [3.05, 3.63) is 24.0 Å². The van der Waals surface area contributed by atoms with Crippen LogP contribution < -0.4 is 4.90 Å². The summed E-state index contributed by atoms with van der Waals surface area (Å²) in [6.45, 7) is 1.95. The maximum Gasteiger partial charge on any atom is 0.103 e. The number of aliphatic hydroxyl groups is 1. The summed E-state index contributed by atoms with van der Waals surface area (Å²) in [4.78, 5) is 5.73. The molecule has 1 atom stereocenters. The van der Waals surface area contributed by atoms with Gasteiger partial charge in [-0.05, 0) is 13.0 Å². The van der Waals surface area contributed by atoms with Crippen LogP contribution in [0, 0.1) is 11.3 Å². The number of aromatic nitrogens is 1. The van der Waals surface area contributed by atoms with Crippen LogP contribution in [-0.4, -0.2) is 29.8 Å². The first-order chi connectivity index (χ1) is 6.70. The Bertz CT molecular complexity index is 345. The van der Waals surface area contributed by atoms with Crippen LogP contribution in [0.1, 0.15) is 12.5 Å². The fourth-order valence-electron chi connectivity index (χ4n) is 1.14. The van der Waals surface area contributed by atoms with Gasteiger partial charge in [-0.25, -0.2) is 0 Å². The van der Waals surface area contributed by atoms with Crippen molar-refractivity contribution >= 4 is 5.69 Å². The molecule has 0 aliphatic rings. The highest BCUT2D eigenvalue weighted by Gasteiger charge is 2.12. The summed E-state index contributed by atoms with van der Waals surface area (Å²) in [5.41, 5.74) is 1.32. The number of anilines is 1. The molecule has 0 radical (unpaired) electrons. The second-order valence-electron chi connectivity index (χ2n) is 3.15. The molecule has 4 nitrogen and oxygen atoms in total. The van der Waals surface area contributed by atoms with E-state index in [0.29, 0.717) is 5.56 Å². The molecule has 1 aromatic heterocycles. The van der Waals surface area contributed by atoms with Gasteiger partial charge in [0.15, 0.2) is 0 Å². The summed E-state index contributed by atoms with van der Waals surface area (Å²) in [6, 6.07) is 3.83. The van der Waals surface area contributed by atoms with Gasteiger partial charge in [0.05, 0.1) is 17.9 Å². The van der Waals surface area contributed by atoms with Crippen molar-refractivity contribution in [1.29, 1.82) is 5.26 Å². The number of hydrogen-bond acceptors (Lipinski definition) is 4. The van der Waals surface area contributed by atoms with Crippen LogP contribution in [0.4, 0.5) is 5.69 Å². The van der Waals surface area contributed by atoms with Crippen molar-refractivity contribution < 1.29 is 5.11 Å². The first-order valence-electron chi connectivity index (χ1n) is 4.38. The van der Waals surface area contributed by atoms with E-state index >= 15 is 0 Å². The van der Waals surface area contributed by atoms with E-state index in [4.69, 9.17) is 10.4 Å². The monoisotopic (exact) mass is 191 g/mol. The van der Waals surface area contributed by atoms with Crippen molar-refractivity contribution in [3.8, 4) is 6.07 Å². The maximum atomic E-state index is 8.99. The second kappa shape index (κ2) is 4.58. The minimum atomic E-state index is -0.00972. The zero-order valence-corrected chi connectivity index (χ0v) is 8.31. The van der Waals surface area contributed by atoms with Gasteiger partial charge in [-0.2, -0.15) is 5.26 Å². The van der Waals surface area contributed by atoms with Gasteiger partial charge in [0.1, 0.15) is 6.07 Å². The third-order valence-electron chi connectivity index (χ3n) is 2.22. The molecule has 14 heavy (non-hydrogen) atoms. The molecule has 1 rings (SSSR count). The van der Waals surface area contributed by atoms with Crippen LogP contribution in [0.15, 0.2) is 18.5 Å². The number of pyridine rings is 1. The lowest BCUT2D eigenvalue weighted by Gasteiger charge is -2.25. The van der Waals surface area contributed by atoms with E-state index in [1.807, 2.05) is 18.9 Å². The molecule has 4 heteroatoms. The molecular formula is C10H13N3O. The standard InChI is InChI=1S/C10H13N3O/c1-8(7-14)13(2)10-3-4-12-6-9(10)5-11/h3-4,6,8,14H,7H2,1-2H3. The molecule has 74 valence electrons. The van der Waals surface area contributed by atoms with E-state index in [9.17, 15) is 0 Å². The Kier molecular flexibility index (Phi) is 3.43. The number of nitriles is 1. The fraction of sp³-hybridized carbons (Fsp3) is 0.400. The Labute approximate surface area is 83.4 Å². The minimum Gasteiger partial charge on any atom is -0.394 e. The second-order valence-corrected chi connectivity index (χ2v) is 3.15. The Morgan fingerprint density at radius 3 is 3.00 bits per heavy atom. The maximum absolute atomic E-state index is 8.99. The Hall–Kier alpha value is -1.60. The molecule has 0 bridgehead atoms. The Morgan fingerprint density at radius 1 is 1.71 bits per heavy atom. The van der Waals surface area contributed by atoms with Gasteiger partial charge in [-0.3, -0.25) is 4.98 Å². The number of nitrogens with zero attached hydrogens (tertiary/aromatic N) is 3. The van der Waals surface area contributed by atoms with Crippen LogP contribution in [0.2, 0.25) is 0 Å². The molecule has 0 aromatic carbocycles. The molecule has 0 spiro atoms. The fourth-order valence-corrected chi connectivity index (χ4v) is 1.14. The van der Waals surface area contributed by atoms with Gasteiger partial charge in [0.25, 0.3) is 0 Å².